The van der Waals surface area contributed by atoms with Gasteiger partial charge >= 0.3 is 24.4 Å². The van der Waals surface area contributed by atoms with Crippen molar-refractivity contribution in [1.29, 1.82) is 0 Å². The standard InChI is InChI=1S/C25H21ClN2O3.C24H19Cl2N3O3.C24H19ClFN3O3.C24H20ClN3O3/c1-16-23(27-25(29)30-17(2)21-10-6-7-11-22(21)26)24(31-28-16)20-14-12-19(13-15-20)18-8-4-3-5-9-18;2*1-14-22(28-24(30)31-15(2)19-5-3-4-6-20(19)25)23(32-29-14)17-9-7-16(8-10-17)18-11-12-21(26)27-13-18;1-15-22(27-24(29)30-16(2)20-7-3-4-8-21(20)25)23(31-28-15)18-11-9-17(10-12-18)19-6-5-13-26-14-19/h3-15,17H,1-2H3,(H,27,29);2*3-13,15H,1-2H3,(H,28,30);3-14,16H,1-2H3,(H,27,29). The lowest BCUT2D eigenvalue weighted by Gasteiger charge is -2.15. The number of hydrogen-bond donors (Lipinski definition) is 4. The Morgan fingerprint density at radius 3 is 0.810 bits per heavy atom. The van der Waals surface area contributed by atoms with Gasteiger partial charge in [-0.3, -0.25) is 26.3 Å². The lowest BCUT2D eigenvalue weighted by Crippen LogP contribution is -2.17. The smallest absolute Gasteiger partial charge is 0.412 e. The molecule has 0 radical (unpaired) electrons. The minimum atomic E-state index is -0.654. The van der Waals surface area contributed by atoms with Gasteiger partial charge in [-0.05, 0) is 143 Å². The topological polar surface area (TPSA) is 296 Å². The van der Waals surface area contributed by atoms with E-state index in [2.05, 4.69) is 69.0 Å². The number of rotatable bonds is 20. The highest BCUT2D eigenvalue weighted by Crippen LogP contribution is 2.40. The first kappa shape index (κ1) is 89.5. The number of aryl methyl sites for hydroxylation is 4. The van der Waals surface area contributed by atoms with Gasteiger partial charge in [0.05, 0.1) is 0 Å². The number of benzene rings is 9. The molecule has 4 atom stereocenters. The highest BCUT2D eigenvalue weighted by atomic mass is 35.5. The molecule has 0 bridgehead atoms. The Bertz CT molecular complexity index is 6020. The maximum atomic E-state index is 13.1. The number of anilines is 4. The van der Waals surface area contributed by atoms with Crippen LogP contribution in [0.3, 0.4) is 0 Å². The molecule has 29 heteroatoms. The first-order valence-electron chi connectivity index (χ1n) is 39.2. The molecule has 4 unspecified atom stereocenters. The lowest BCUT2D eigenvalue weighted by atomic mass is 10.0. The Labute approximate surface area is 749 Å². The maximum Gasteiger partial charge on any atom is 0.412 e. The van der Waals surface area contributed by atoms with Crippen LogP contribution in [0.4, 0.5) is 46.3 Å². The number of hydrogen-bond acceptors (Lipinski definition) is 19. The minimum absolute atomic E-state index is 0.397. The molecular formula is C97H79Cl5FN11O12. The first-order chi connectivity index (χ1) is 60.9. The molecule has 9 aromatic carbocycles. The number of nitrogens with one attached hydrogen (secondary N) is 4. The van der Waals surface area contributed by atoms with Gasteiger partial charge in [0, 0.05) is 101 Å². The van der Waals surface area contributed by atoms with Gasteiger partial charge in [-0.2, -0.15) is 4.39 Å². The van der Waals surface area contributed by atoms with Crippen LogP contribution in [0, 0.1) is 33.6 Å². The molecule has 4 N–H and O–H groups in total. The largest absolute Gasteiger partial charge is 0.441 e. The molecular weight excluding hydrogens is 1710 g/mol. The van der Waals surface area contributed by atoms with E-state index in [-0.39, 0.29) is 0 Å². The molecule has 7 aromatic heterocycles. The Morgan fingerprint density at radius 1 is 0.294 bits per heavy atom. The van der Waals surface area contributed by atoms with E-state index in [1.54, 1.807) is 116 Å². The third-order valence-electron chi connectivity index (χ3n) is 19.7. The molecule has 0 aliphatic carbocycles. The summed E-state index contributed by atoms with van der Waals surface area (Å²) in [5.74, 6) is 1.23. The predicted molar refractivity (Wildman–Crippen MR) is 487 cm³/mol. The molecule has 0 spiro atoms. The molecule has 16 aromatic rings. The van der Waals surface area contributed by atoms with E-state index in [9.17, 15) is 23.6 Å². The van der Waals surface area contributed by atoms with E-state index in [1.165, 1.54) is 12.3 Å². The van der Waals surface area contributed by atoms with Crippen molar-refractivity contribution in [2.45, 2.75) is 79.8 Å². The number of carbonyl (C=O) groups excluding carboxylic acids is 4. The number of pyridine rings is 3. The second-order valence-corrected chi connectivity index (χ2v) is 30.3. The highest BCUT2D eigenvalue weighted by molar-refractivity contribution is 6.32. The lowest BCUT2D eigenvalue weighted by molar-refractivity contribution is 0.120. The van der Waals surface area contributed by atoms with Crippen molar-refractivity contribution < 1.29 is 60.6 Å². The molecule has 16 rings (SSSR count). The van der Waals surface area contributed by atoms with Crippen LogP contribution in [0.1, 0.15) is 97.1 Å². The van der Waals surface area contributed by atoms with E-state index in [0.717, 1.165) is 77.9 Å². The number of nitrogens with zero attached hydrogens (tertiary/aromatic N) is 7. The van der Waals surface area contributed by atoms with Gasteiger partial charge in [-0.15, -0.1) is 0 Å². The third-order valence-corrected chi connectivity index (χ3v) is 21.3. The average Bonchev–Trinajstić information content (AvgIpc) is 1.66. The van der Waals surface area contributed by atoms with Crippen molar-refractivity contribution in [2.75, 3.05) is 21.3 Å². The summed E-state index contributed by atoms with van der Waals surface area (Å²) in [5.41, 5.74) is 17.7. The fraction of sp³-hybridized carbons (Fsp3) is 0.124. The summed E-state index contributed by atoms with van der Waals surface area (Å²) >= 11 is 30.6. The summed E-state index contributed by atoms with van der Waals surface area (Å²) in [4.78, 5) is 62.1. The van der Waals surface area contributed by atoms with Crippen LogP contribution in [-0.4, -0.2) is 60.0 Å². The van der Waals surface area contributed by atoms with Crippen LogP contribution < -0.4 is 21.3 Å². The van der Waals surface area contributed by atoms with Crippen LogP contribution in [0.5, 0.6) is 0 Å². The van der Waals surface area contributed by atoms with Gasteiger partial charge in [0.2, 0.25) is 5.95 Å². The predicted octanol–water partition coefficient (Wildman–Crippen LogP) is 28.1. The fourth-order valence-corrected chi connectivity index (χ4v) is 14.3. The van der Waals surface area contributed by atoms with Gasteiger partial charge in [0.15, 0.2) is 23.0 Å². The Hall–Kier alpha value is -14.3. The van der Waals surface area contributed by atoms with E-state index in [0.29, 0.717) is 105 Å². The number of ether oxygens (including phenoxy) is 4. The quantitative estimate of drug-likeness (QED) is 0.0407. The molecule has 0 fully saturated rings. The molecule has 0 saturated heterocycles. The van der Waals surface area contributed by atoms with E-state index in [1.807, 2.05) is 200 Å². The fourth-order valence-electron chi connectivity index (χ4n) is 13.0. The molecule has 636 valence electrons. The zero-order valence-electron chi connectivity index (χ0n) is 68.7. The van der Waals surface area contributed by atoms with E-state index < -0.39 is 54.7 Å². The van der Waals surface area contributed by atoms with Crippen molar-refractivity contribution in [3.63, 3.8) is 0 Å². The minimum Gasteiger partial charge on any atom is -0.441 e. The van der Waals surface area contributed by atoms with Crippen LogP contribution in [0.15, 0.2) is 304 Å². The van der Waals surface area contributed by atoms with Gasteiger partial charge in [0.1, 0.15) is 75.1 Å². The molecule has 7 heterocycles. The summed E-state index contributed by atoms with van der Waals surface area (Å²) < 4.78 is 57.0. The van der Waals surface area contributed by atoms with Crippen molar-refractivity contribution in [3.8, 4) is 89.8 Å². The molecule has 126 heavy (non-hydrogen) atoms. The molecule has 4 amide bonds. The van der Waals surface area contributed by atoms with Crippen molar-refractivity contribution >= 4 is 105 Å². The molecule has 0 aliphatic heterocycles. The molecule has 23 nitrogen and oxygen atoms in total. The second kappa shape index (κ2) is 42.2. The van der Waals surface area contributed by atoms with Crippen LogP contribution in [0.2, 0.25) is 25.2 Å². The summed E-state index contributed by atoms with van der Waals surface area (Å²) in [5, 5.41) is 29.5. The number of carbonyl (C=O) groups is 4. The van der Waals surface area contributed by atoms with Crippen LogP contribution in [-0.2, 0) is 18.9 Å². The number of aromatic nitrogens is 7. The van der Waals surface area contributed by atoms with Crippen LogP contribution in [0.25, 0.3) is 89.8 Å². The zero-order valence-corrected chi connectivity index (χ0v) is 72.5. The Morgan fingerprint density at radius 2 is 0.540 bits per heavy atom. The number of amides is 4. The normalized spacial score (nSPS) is 11.7. The van der Waals surface area contributed by atoms with Gasteiger partial charge in [0.25, 0.3) is 0 Å². The number of halogens is 6. The first-order valence-corrected chi connectivity index (χ1v) is 41.1. The SMILES string of the molecule is Cc1noc(-c2ccc(-c3ccc(Cl)nc3)cc2)c1NC(=O)OC(C)c1ccccc1Cl.Cc1noc(-c2ccc(-c3ccc(F)nc3)cc2)c1NC(=O)OC(C)c1ccccc1Cl.Cc1noc(-c2ccc(-c3ccccc3)cc2)c1NC(=O)OC(C)c1ccccc1Cl.Cc1noc(-c2ccc(-c3cccnc3)cc2)c1NC(=O)OC(C)c1ccccc1Cl. The van der Waals surface area contributed by atoms with Crippen molar-refractivity contribution in [3.05, 3.63) is 362 Å². The Balaban J connectivity index is 0.000000144. The third kappa shape index (κ3) is 23.0. The van der Waals surface area contributed by atoms with Gasteiger partial charge < -0.3 is 37.0 Å². The summed E-state index contributed by atoms with van der Waals surface area (Å²) in [6.07, 6.45) is 2.09. The highest BCUT2D eigenvalue weighted by Gasteiger charge is 2.27. The van der Waals surface area contributed by atoms with E-state index >= 15 is 0 Å². The Kier molecular flexibility index (Phi) is 30.0. The summed E-state index contributed by atoms with van der Waals surface area (Å²) in [6, 6.07) is 80.0. The van der Waals surface area contributed by atoms with Crippen molar-refractivity contribution in [2.24, 2.45) is 0 Å². The second-order valence-electron chi connectivity index (χ2n) is 28.3. The van der Waals surface area contributed by atoms with E-state index in [4.69, 9.17) is 95.0 Å². The van der Waals surface area contributed by atoms with Gasteiger partial charge in [-0.25, -0.2) is 29.1 Å². The monoisotopic (exact) mass is 1780 g/mol. The summed E-state index contributed by atoms with van der Waals surface area (Å²) in [7, 11) is 0. The van der Waals surface area contributed by atoms with Gasteiger partial charge in [-0.1, -0.05) is 285 Å². The molecule has 0 aliphatic rings. The summed E-state index contributed by atoms with van der Waals surface area (Å²) in [6.45, 7) is 14.0. The molecule has 0 saturated carbocycles. The van der Waals surface area contributed by atoms with Crippen molar-refractivity contribution in [1.82, 2.24) is 35.6 Å². The zero-order chi connectivity index (χ0) is 88.9. The van der Waals surface area contributed by atoms with Crippen LogP contribution >= 0.6 is 58.0 Å². The maximum absolute atomic E-state index is 13.1. The average molecular weight is 1790 g/mol.